The Balaban J connectivity index is 2.31. The van der Waals surface area contributed by atoms with E-state index in [9.17, 15) is 4.79 Å². The standard InChI is InChI=1S/C16H24O2/c1-3-4-5-6-7-11-15(17)13-14-10-8-9-12-16(14)18-2/h8-10,12H,3-7,11,13H2,1-2H3. The van der Waals surface area contributed by atoms with Crippen molar-refractivity contribution >= 4 is 5.78 Å². The van der Waals surface area contributed by atoms with Crippen LogP contribution in [-0.2, 0) is 11.2 Å². The van der Waals surface area contributed by atoms with Crippen LogP contribution < -0.4 is 4.74 Å². The van der Waals surface area contributed by atoms with E-state index < -0.39 is 0 Å². The van der Waals surface area contributed by atoms with E-state index in [1.165, 1.54) is 25.7 Å². The second kappa shape index (κ2) is 8.73. The number of Topliss-reactive ketones (excluding diaryl/α,β-unsaturated/α-hetero) is 1. The molecule has 0 N–H and O–H groups in total. The number of rotatable bonds is 9. The fraction of sp³-hybridized carbons (Fsp3) is 0.562. The van der Waals surface area contributed by atoms with E-state index in [0.29, 0.717) is 18.6 Å². The van der Waals surface area contributed by atoms with Crippen LogP contribution in [0.1, 0.15) is 51.0 Å². The monoisotopic (exact) mass is 248 g/mol. The number of ether oxygens (including phenoxy) is 1. The van der Waals surface area contributed by atoms with Gasteiger partial charge in [0, 0.05) is 18.4 Å². The molecule has 0 bridgehead atoms. The Hall–Kier alpha value is -1.31. The molecule has 0 radical (unpaired) electrons. The summed E-state index contributed by atoms with van der Waals surface area (Å²) in [4.78, 5) is 11.9. The highest BCUT2D eigenvalue weighted by molar-refractivity contribution is 5.81. The van der Waals surface area contributed by atoms with Crippen LogP contribution >= 0.6 is 0 Å². The number of hydrogen-bond donors (Lipinski definition) is 0. The van der Waals surface area contributed by atoms with Crippen molar-refractivity contribution in [1.82, 2.24) is 0 Å². The Labute approximate surface area is 110 Å². The smallest absolute Gasteiger partial charge is 0.137 e. The zero-order valence-electron chi connectivity index (χ0n) is 11.6. The van der Waals surface area contributed by atoms with Crippen molar-refractivity contribution in [2.24, 2.45) is 0 Å². The summed E-state index contributed by atoms with van der Waals surface area (Å²) in [7, 11) is 1.65. The van der Waals surface area contributed by atoms with Crippen LogP contribution in [0.4, 0.5) is 0 Å². The number of carbonyl (C=O) groups is 1. The maximum absolute atomic E-state index is 11.9. The van der Waals surface area contributed by atoms with Gasteiger partial charge in [-0.05, 0) is 12.5 Å². The van der Waals surface area contributed by atoms with Crippen LogP contribution in [0, 0.1) is 0 Å². The fourth-order valence-corrected chi connectivity index (χ4v) is 2.08. The molecule has 0 fully saturated rings. The molecule has 0 unspecified atom stereocenters. The van der Waals surface area contributed by atoms with Crippen LogP contribution in [-0.4, -0.2) is 12.9 Å². The van der Waals surface area contributed by atoms with Gasteiger partial charge in [-0.3, -0.25) is 4.79 Å². The molecule has 0 aromatic heterocycles. The Kier molecular flexibility index (Phi) is 7.16. The van der Waals surface area contributed by atoms with Gasteiger partial charge < -0.3 is 4.74 Å². The van der Waals surface area contributed by atoms with Gasteiger partial charge in [-0.25, -0.2) is 0 Å². The maximum Gasteiger partial charge on any atom is 0.137 e. The van der Waals surface area contributed by atoms with E-state index in [-0.39, 0.29) is 0 Å². The van der Waals surface area contributed by atoms with Crippen molar-refractivity contribution in [2.75, 3.05) is 7.11 Å². The molecule has 2 heteroatoms. The number of hydrogen-bond acceptors (Lipinski definition) is 2. The average Bonchev–Trinajstić information content (AvgIpc) is 2.39. The lowest BCUT2D eigenvalue weighted by molar-refractivity contribution is -0.118. The van der Waals surface area contributed by atoms with Gasteiger partial charge in [-0.1, -0.05) is 50.8 Å². The number of carbonyl (C=O) groups excluding carboxylic acids is 1. The summed E-state index contributed by atoms with van der Waals surface area (Å²) in [6.45, 7) is 2.20. The molecule has 18 heavy (non-hydrogen) atoms. The van der Waals surface area contributed by atoms with Gasteiger partial charge >= 0.3 is 0 Å². The minimum absolute atomic E-state index is 0.316. The maximum atomic E-state index is 11.9. The molecule has 1 aromatic rings. The third-order valence-corrected chi connectivity index (χ3v) is 3.14. The molecule has 0 aliphatic heterocycles. The molecule has 0 aliphatic rings. The Morgan fingerprint density at radius 2 is 1.83 bits per heavy atom. The molecule has 2 nitrogen and oxygen atoms in total. The first-order valence-corrected chi connectivity index (χ1v) is 6.91. The van der Waals surface area contributed by atoms with Crippen molar-refractivity contribution < 1.29 is 9.53 Å². The van der Waals surface area contributed by atoms with Crippen LogP contribution in [0.2, 0.25) is 0 Å². The van der Waals surface area contributed by atoms with E-state index in [4.69, 9.17) is 4.74 Å². The highest BCUT2D eigenvalue weighted by atomic mass is 16.5. The largest absolute Gasteiger partial charge is 0.496 e. The van der Waals surface area contributed by atoms with Gasteiger partial charge in [0.2, 0.25) is 0 Å². The summed E-state index contributed by atoms with van der Waals surface area (Å²) in [6, 6.07) is 7.75. The third kappa shape index (κ3) is 5.35. The molecular weight excluding hydrogens is 224 g/mol. The molecule has 0 amide bonds. The first-order valence-electron chi connectivity index (χ1n) is 6.91. The minimum atomic E-state index is 0.316. The molecule has 0 saturated heterocycles. The van der Waals surface area contributed by atoms with E-state index in [2.05, 4.69) is 6.92 Å². The summed E-state index contributed by atoms with van der Waals surface area (Å²) in [5.74, 6) is 1.13. The molecule has 1 aromatic carbocycles. The lowest BCUT2D eigenvalue weighted by Gasteiger charge is -2.07. The highest BCUT2D eigenvalue weighted by Crippen LogP contribution is 2.19. The van der Waals surface area contributed by atoms with Crippen molar-refractivity contribution in [3.63, 3.8) is 0 Å². The first kappa shape index (κ1) is 14.7. The summed E-state index contributed by atoms with van der Waals surface area (Å²) in [5.41, 5.74) is 0.999. The second-order valence-electron chi connectivity index (χ2n) is 4.69. The second-order valence-corrected chi connectivity index (χ2v) is 4.69. The van der Waals surface area contributed by atoms with Crippen molar-refractivity contribution in [2.45, 2.75) is 51.9 Å². The number of benzene rings is 1. The number of methoxy groups -OCH3 is 1. The summed E-state index contributed by atoms with van der Waals surface area (Å²) in [5, 5.41) is 0. The third-order valence-electron chi connectivity index (χ3n) is 3.14. The highest BCUT2D eigenvalue weighted by Gasteiger charge is 2.07. The SMILES string of the molecule is CCCCCCCC(=O)Cc1ccccc1OC. The molecule has 100 valence electrons. The van der Waals surface area contributed by atoms with Crippen molar-refractivity contribution in [3.8, 4) is 5.75 Å². The van der Waals surface area contributed by atoms with Gasteiger partial charge in [-0.2, -0.15) is 0 Å². The predicted octanol–water partition coefficient (Wildman–Crippen LogP) is 4.17. The minimum Gasteiger partial charge on any atom is -0.496 e. The quantitative estimate of drug-likeness (QED) is 0.613. The van der Waals surface area contributed by atoms with E-state index in [1.54, 1.807) is 7.11 Å². The molecule has 0 spiro atoms. The Morgan fingerprint density at radius 1 is 1.11 bits per heavy atom. The molecule has 1 rings (SSSR count). The van der Waals surface area contributed by atoms with Crippen LogP contribution in [0.3, 0.4) is 0 Å². The van der Waals surface area contributed by atoms with E-state index in [1.807, 2.05) is 24.3 Å². The van der Waals surface area contributed by atoms with Gasteiger partial charge in [-0.15, -0.1) is 0 Å². The van der Waals surface area contributed by atoms with Crippen LogP contribution in [0.15, 0.2) is 24.3 Å². The van der Waals surface area contributed by atoms with Gasteiger partial charge in [0.25, 0.3) is 0 Å². The van der Waals surface area contributed by atoms with E-state index >= 15 is 0 Å². The van der Waals surface area contributed by atoms with E-state index in [0.717, 1.165) is 17.7 Å². The first-order chi connectivity index (χ1) is 8.77. The van der Waals surface area contributed by atoms with Crippen LogP contribution in [0.5, 0.6) is 5.75 Å². The zero-order chi connectivity index (χ0) is 13.2. The number of unbranched alkanes of at least 4 members (excludes halogenated alkanes) is 4. The molecule has 0 atom stereocenters. The lowest BCUT2D eigenvalue weighted by Crippen LogP contribution is -2.04. The number of ketones is 1. The topological polar surface area (TPSA) is 26.3 Å². The van der Waals surface area contributed by atoms with Crippen LogP contribution in [0.25, 0.3) is 0 Å². The Bertz CT molecular complexity index is 358. The predicted molar refractivity (Wildman–Crippen MR) is 75.1 cm³/mol. The normalized spacial score (nSPS) is 10.3. The average molecular weight is 248 g/mol. The summed E-state index contributed by atoms with van der Waals surface area (Å²) >= 11 is 0. The summed E-state index contributed by atoms with van der Waals surface area (Å²) in [6.07, 6.45) is 7.16. The molecule has 0 saturated carbocycles. The molecular formula is C16H24O2. The number of para-hydroxylation sites is 1. The molecule has 0 aliphatic carbocycles. The fourth-order valence-electron chi connectivity index (χ4n) is 2.08. The zero-order valence-corrected chi connectivity index (χ0v) is 11.6. The van der Waals surface area contributed by atoms with Gasteiger partial charge in [0.1, 0.15) is 11.5 Å². The molecule has 0 heterocycles. The van der Waals surface area contributed by atoms with Gasteiger partial charge in [0.05, 0.1) is 7.11 Å². The Morgan fingerprint density at radius 3 is 2.56 bits per heavy atom. The summed E-state index contributed by atoms with van der Waals surface area (Å²) < 4.78 is 5.25. The van der Waals surface area contributed by atoms with Gasteiger partial charge in [0.15, 0.2) is 0 Å². The lowest BCUT2D eigenvalue weighted by atomic mass is 10.0. The van der Waals surface area contributed by atoms with Crippen molar-refractivity contribution in [3.05, 3.63) is 29.8 Å². The van der Waals surface area contributed by atoms with Crippen molar-refractivity contribution in [1.29, 1.82) is 0 Å².